The van der Waals surface area contributed by atoms with Gasteiger partial charge in [0, 0.05) is 13.2 Å². The Hall–Kier alpha value is -0.890. The molecule has 0 aliphatic rings. The quantitative estimate of drug-likeness (QED) is 0.606. The maximum Gasteiger partial charge on any atom is 0.131 e. The van der Waals surface area contributed by atoms with Crippen LogP contribution in [-0.4, -0.2) is 7.11 Å². The summed E-state index contributed by atoms with van der Waals surface area (Å²) in [6.45, 7) is 0.450. The Bertz CT molecular complexity index is 210. The van der Waals surface area contributed by atoms with E-state index in [0.29, 0.717) is 6.61 Å². The Labute approximate surface area is 59.4 Å². The van der Waals surface area contributed by atoms with Crippen LogP contribution in [0, 0.1) is 11.9 Å². The molecule has 0 bridgehead atoms. The molecule has 10 heavy (non-hydrogen) atoms. The Morgan fingerprint density at radius 1 is 1.70 bits per heavy atom. The molecule has 0 saturated carbocycles. The molecule has 0 N–H and O–H groups in total. The molecule has 0 aliphatic heterocycles. The molecule has 0 heterocycles. The van der Waals surface area contributed by atoms with Crippen LogP contribution in [0.3, 0.4) is 0 Å². The van der Waals surface area contributed by atoms with Gasteiger partial charge in [-0.15, -0.1) is 0 Å². The molecule has 0 spiro atoms. The SMILES string of the molecule is COCc1cc[c]c(F)c1. The minimum Gasteiger partial charge on any atom is -0.380 e. The molecule has 0 aromatic heterocycles. The lowest BCUT2D eigenvalue weighted by atomic mass is 10.2. The minimum atomic E-state index is -0.338. The average Bonchev–Trinajstić information content (AvgIpc) is 1.88. The third-order valence-electron chi connectivity index (χ3n) is 1.14. The van der Waals surface area contributed by atoms with Gasteiger partial charge in [-0.05, 0) is 11.6 Å². The molecule has 1 nitrogen and oxygen atoms in total. The van der Waals surface area contributed by atoms with Crippen molar-refractivity contribution in [1.82, 2.24) is 0 Å². The van der Waals surface area contributed by atoms with Gasteiger partial charge in [0.15, 0.2) is 0 Å². The maximum atomic E-state index is 12.4. The predicted octanol–water partition coefficient (Wildman–Crippen LogP) is 1.77. The standard InChI is InChI=1S/C8H8FO/c1-10-6-7-3-2-4-8(9)5-7/h2-3,5H,6H2,1H3. The van der Waals surface area contributed by atoms with Crippen LogP contribution in [0.2, 0.25) is 0 Å². The van der Waals surface area contributed by atoms with Crippen molar-refractivity contribution >= 4 is 0 Å². The lowest BCUT2D eigenvalue weighted by molar-refractivity contribution is 0.184. The van der Waals surface area contributed by atoms with Gasteiger partial charge in [-0.3, -0.25) is 0 Å². The lowest BCUT2D eigenvalue weighted by Gasteiger charge is -1.96. The second-order valence-corrected chi connectivity index (χ2v) is 1.98. The van der Waals surface area contributed by atoms with E-state index < -0.39 is 0 Å². The first-order valence-corrected chi connectivity index (χ1v) is 2.98. The monoisotopic (exact) mass is 139 g/mol. The van der Waals surface area contributed by atoms with Crippen LogP contribution in [0.4, 0.5) is 4.39 Å². The molecule has 0 unspecified atom stereocenters. The number of methoxy groups -OCH3 is 1. The summed E-state index contributed by atoms with van der Waals surface area (Å²) in [4.78, 5) is 0. The van der Waals surface area contributed by atoms with Crippen LogP contribution >= 0.6 is 0 Å². The highest BCUT2D eigenvalue weighted by atomic mass is 19.1. The van der Waals surface area contributed by atoms with Crippen molar-refractivity contribution in [2.45, 2.75) is 6.61 Å². The number of hydrogen-bond donors (Lipinski definition) is 0. The van der Waals surface area contributed by atoms with E-state index in [-0.39, 0.29) is 5.82 Å². The van der Waals surface area contributed by atoms with Crippen molar-refractivity contribution in [2.24, 2.45) is 0 Å². The van der Waals surface area contributed by atoms with Crippen molar-refractivity contribution < 1.29 is 9.13 Å². The van der Waals surface area contributed by atoms with E-state index in [2.05, 4.69) is 6.07 Å². The van der Waals surface area contributed by atoms with Crippen LogP contribution in [0.25, 0.3) is 0 Å². The average molecular weight is 139 g/mol. The first-order chi connectivity index (χ1) is 4.83. The molecule has 0 aliphatic carbocycles. The molecule has 1 aromatic rings. The van der Waals surface area contributed by atoms with Crippen LogP contribution in [0.15, 0.2) is 18.2 Å². The Morgan fingerprint density at radius 2 is 2.50 bits per heavy atom. The van der Waals surface area contributed by atoms with Crippen LogP contribution in [-0.2, 0) is 11.3 Å². The summed E-state index contributed by atoms with van der Waals surface area (Å²) in [7, 11) is 1.58. The number of hydrogen-bond acceptors (Lipinski definition) is 1. The molecular weight excluding hydrogens is 131 g/mol. The molecule has 2 heteroatoms. The largest absolute Gasteiger partial charge is 0.380 e. The van der Waals surface area contributed by atoms with Gasteiger partial charge in [0.2, 0.25) is 0 Å². The fourth-order valence-corrected chi connectivity index (χ4v) is 0.737. The van der Waals surface area contributed by atoms with Crippen molar-refractivity contribution in [3.63, 3.8) is 0 Å². The van der Waals surface area contributed by atoms with Gasteiger partial charge in [0.1, 0.15) is 5.82 Å². The van der Waals surface area contributed by atoms with Gasteiger partial charge in [0.05, 0.1) is 6.61 Å². The van der Waals surface area contributed by atoms with Gasteiger partial charge in [0.25, 0.3) is 0 Å². The third kappa shape index (κ3) is 1.81. The molecule has 0 atom stereocenters. The predicted molar refractivity (Wildman–Crippen MR) is 35.9 cm³/mol. The van der Waals surface area contributed by atoms with E-state index in [0.717, 1.165) is 5.56 Å². The fourth-order valence-electron chi connectivity index (χ4n) is 0.737. The zero-order chi connectivity index (χ0) is 7.40. The maximum absolute atomic E-state index is 12.4. The van der Waals surface area contributed by atoms with Gasteiger partial charge < -0.3 is 4.74 Å². The zero-order valence-electron chi connectivity index (χ0n) is 5.73. The summed E-state index contributed by atoms with van der Waals surface area (Å²) < 4.78 is 17.2. The van der Waals surface area contributed by atoms with E-state index >= 15 is 0 Å². The minimum absolute atomic E-state index is 0.338. The second-order valence-electron chi connectivity index (χ2n) is 1.98. The summed E-state index contributed by atoms with van der Waals surface area (Å²) >= 11 is 0. The van der Waals surface area contributed by atoms with Gasteiger partial charge in [-0.25, -0.2) is 4.39 Å². The van der Waals surface area contributed by atoms with Crippen LogP contribution in [0.5, 0.6) is 0 Å². The van der Waals surface area contributed by atoms with E-state index in [1.165, 1.54) is 6.07 Å². The number of halogens is 1. The molecule has 0 saturated heterocycles. The number of ether oxygens (including phenoxy) is 1. The summed E-state index contributed by atoms with van der Waals surface area (Å²) in [6.07, 6.45) is 0. The van der Waals surface area contributed by atoms with Gasteiger partial charge >= 0.3 is 0 Å². The van der Waals surface area contributed by atoms with Gasteiger partial charge in [-0.1, -0.05) is 12.1 Å². The number of rotatable bonds is 2. The Morgan fingerprint density at radius 3 is 3.10 bits per heavy atom. The summed E-state index contributed by atoms with van der Waals surface area (Å²) in [5, 5.41) is 0. The fraction of sp³-hybridized carbons (Fsp3) is 0.250. The molecule has 0 amide bonds. The highest BCUT2D eigenvalue weighted by Gasteiger charge is 1.92. The highest BCUT2D eigenvalue weighted by molar-refractivity contribution is 5.14. The van der Waals surface area contributed by atoms with Crippen molar-refractivity contribution in [2.75, 3.05) is 7.11 Å². The first-order valence-electron chi connectivity index (χ1n) is 2.98. The molecular formula is C8H8FO. The zero-order valence-corrected chi connectivity index (χ0v) is 5.73. The van der Waals surface area contributed by atoms with E-state index in [1.807, 2.05) is 0 Å². The second kappa shape index (κ2) is 3.32. The van der Waals surface area contributed by atoms with Crippen LogP contribution in [0.1, 0.15) is 5.56 Å². The van der Waals surface area contributed by atoms with Crippen molar-refractivity contribution in [3.05, 3.63) is 35.6 Å². The Balaban J connectivity index is 2.75. The summed E-state index contributed by atoms with van der Waals surface area (Å²) in [5.74, 6) is -0.338. The van der Waals surface area contributed by atoms with Crippen molar-refractivity contribution in [1.29, 1.82) is 0 Å². The molecule has 1 aromatic carbocycles. The Kier molecular flexibility index (Phi) is 2.40. The molecule has 0 fully saturated rings. The third-order valence-corrected chi connectivity index (χ3v) is 1.14. The molecule has 1 rings (SSSR count). The lowest BCUT2D eigenvalue weighted by Crippen LogP contribution is -1.87. The molecule has 1 radical (unpaired) electrons. The molecule has 53 valence electrons. The topological polar surface area (TPSA) is 9.23 Å². The number of benzene rings is 1. The van der Waals surface area contributed by atoms with Crippen molar-refractivity contribution in [3.8, 4) is 0 Å². The van der Waals surface area contributed by atoms with E-state index in [1.54, 1.807) is 19.2 Å². The van der Waals surface area contributed by atoms with Gasteiger partial charge in [-0.2, -0.15) is 0 Å². The highest BCUT2D eigenvalue weighted by Crippen LogP contribution is 2.02. The summed E-state index contributed by atoms with van der Waals surface area (Å²) in [6, 6.07) is 7.13. The van der Waals surface area contributed by atoms with E-state index in [4.69, 9.17) is 4.74 Å². The summed E-state index contributed by atoms with van der Waals surface area (Å²) in [5.41, 5.74) is 0.832. The normalized spacial score (nSPS) is 9.80. The van der Waals surface area contributed by atoms with Crippen LogP contribution < -0.4 is 0 Å². The first kappa shape index (κ1) is 7.22. The smallest absolute Gasteiger partial charge is 0.131 e. The van der Waals surface area contributed by atoms with E-state index in [9.17, 15) is 4.39 Å².